The lowest BCUT2D eigenvalue weighted by molar-refractivity contribution is 0.179. The molecule has 0 aliphatic rings. The van der Waals surface area contributed by atoms with Crippen LogP contribution in [0.25, 0.3) is 0 Å². The van der Waals surface area contributed by atoms with E-state index in [2.05, 4.69) is 48.4 Å². The molecule has 22 heavy (non-hydrogen) atoms. The van der Waals surface area contributed by atoms with Crippen molar-refractivity contribution in [2.24, 2.45) is 10.7 Å². The van der Waals surface area contributed by atoms with Gasteiger partial charge in [-0.25, -0.2) is 0 Å². The van der Waals surface area contributed by atoms with Gasteiger partial charge in [0.15, 0.2) is 5.96 Å². The van der Waals surface area contributed by atoms with E-state index in [1.165, 1.54) is 5.56 Å². The van der Waals surface area contributed by atoms with E-state index in [0.29, 0.717) is 19.1 Å². The van der Waals surface area contributed by atoms with Gasteiger partial charge in [0.1, 0.15) is 0 Å². The van der Waals surface area contributed by atoms with E-state index in [0.717, 1.165) is 12.8 Å². The van der Waals surface area contributed by atoms with Crippen molar-refractivity contribution in [3.05, 3.63) is 35.9 Å². The third-order valence-electron chi connectivity index (χ3n) is 4.10. The third kappa shape index (κ3) is 6.12. The first-order valence-electron chi connectivity index (χ1n) is 7.69. The van der Waals surface area contributed by atoms with Crippen LogP contribution in [0.1, 0.15) is 39.2 Å². The molecule has 1 unspecified atom stereocenters. The largest absolute Gasteiger partial charge is 0.383 e. The van der Waals surface area contributed by atoms with Crippen LogP contribution in [-0.2, 0) is 10.2 Å². The van der Waals surface area contributed by atoms with Gasteiger partial charge in [-0.05, 0) is 25.3 Å². The van der Waals surface area contributed by atoms with Crippen LogP contribution in [0.4, 0.5) is 0 Å². The van der Waals surface area contributed by atoms with Gasteiger partial charge in [-0.1, -0.05) is 44.2 Å². The summed E-state index contributed by atoms with van der Waals surface area (Å²) in [5.74, 6) is 0.488. The summed E-state index contributed by atoms with van der Waals surface area (Å²) in [5, 5.41) is 3.16. The van der Waals surface area contributed by atoms with Crippen molar-refractivity contribution in [2.45, 2.75) is 45.1 Å². The van der Waals surface area contributed by atoms with E-state index in [9.17, 15) is 0 Å². The Labute approximate surface area is 151 Å². The molecule has 1 rings (SSSR count). The summed E-state index contributed by atoms with van der Waals surface area (Å²) in [6, 6.07) is 10.7. The maximum Gasteiger partial charge on any atom is 0.188 e. The highest BCUT2D eigenvalue weighted by Crippen LogP contribution is 2.31. The molecular weight excluding hydrogens is 389 g/mol. The fraction of sp³-hybridized carbons (Fsp3) is 0.588. The maximum absolute atomic E-state index is 5.98. The average Bonchev–Trinajstić information content (AvgIpc) is 2.50. The van der Waals surface area contributed by atoms with Crippen molar-refractivity contribution >= 4 is 29.9 Å². The lowest BCUT2D eigenvalue weighted by atomic mass is 9.76. The van der Waals surface area contributed by atoms with Crippen molar-refractivity contribution in [3.8, 4) is 0 Å². The van der Waals surface area contributed by atoms with Gasteiger partial charge >= 0.3 is 0 Å². The summed E-state index contributed by atoms with van der Waals surface area (Å²) in [7, 11) is 1.68. The minimum atomic E-state index is 0. The van der Waals surface area contributed by atoms with Crippen LogP contribution in [0, 0.1) is 0 Å². The molecule has 1 atom stereocenters. The first-order chi connectivity index (χ1) is 10.1. The fourth-order valence-corrected chi connectivity index (χ4v) is 2.59. The quantitative estimate of drug-likeness (QED) is 0.386. The number of halogens is 1. The minimum absolute atomic E-state index is 0. The molecule has 0 saturated heterocycles. The fourth-order valence-electron chi connectivity index (χ4n) is 2.59. The van der Waals surface area contributed by atoms with Gasteiger partial charge in [-0.15, -0.1) is 24.0 Å². The van der Waals surface area contributed by atoms with Crippen molar-refractivity contribution in [1.29, 1.82) is 0 Å². The van der Waals surface area contributed by atoms with Crippen molar-refractivity contribution in [2.75, 3.05) is 20.3 Å². The Kier molecular flexibility index (Phi) is 10.4. The smallest absolute Gasteiger partial charge is 0.188 e. The molecule has 5 heteroatoms. The lowest BCUT2D eigenvalue weighted by Gasteiger charge is -2.31. The normalized spacial score (nSPS) is 13.4. The van der Waals surface area contributed by atoms with Gasteiger partial charge in [0.2, 0.25) is 0 Å². The molecule has 0 bridgehead atoms. The highest BCUT2D eigenvalue weighted by molar-refractivity contribution is 14.0. The van der Waals surface area contributed by atoms with Gasteiger partial charge < -0.3 is 15.8 Å². The molecule has 0 radical (unpaired) electrons. The summed E-state index contributed by atoms with van der Waals surface area (Å²) < 4.78 is 5.09. The van der Waals surface area contributed by atoms with Gasteiger partial charge in [0.05, 0.1) is 13.2 Å². The number of ether oxygens (including phenoxy) is 1. The second-order valence-electron chi connectivity index (χ2n) is 5.56. The Bertz CT molecular complexity index is 433. The van der Waals surface area contributed by atoms with Crippen LogP contribution in [0.3, 0.4) is 0 Å². The number of benzene rings is 1. The summed E-state index contributed by atoms with van der Waals surface area (Å²) >= 11 is 0. The SMILES string of the molecule is CCC(CC)(CN=C(N)NC(C)COC)c1ccccc1.I. The molecule has 0 aromatic heterocycles. The number of nitrogens with one attached hydrogen (secondary N) is 1. The zero-order valence-corrected chi connectivity index (χ0v) is 16.5. The number of nitrogens with zero attached hydrogens (tertiary/aromatic N) is 1. The standard InChI is InChI=1S/C17H29N3O.HI/c1-5-17(6-2,15-10-8-7-9-11-15)13-19-16(18)20-14(3)12-21-4;/h7-11,14H,5-6,12-13H2,1-4H3,(H3,18,19,20);1H. The Morgan fingerprint density at radius 1 is 1.27 bits per heavy atom. The maximum atomic E-state index is 5.98. The number of methoxy groups -OCH3 is 1. The molecule has 4 nitrogen and oxygen atoms in total. The van der Waals surface area contributed by atoms with Crippen LogP contribution in [0.2, 0.25) is 0 Å². The molecule has 0 saturated carbocycles. The second-order valence-corrected chi connectivity index (χ2v) is 5.56. The van der Waals surface area contributed by atoms with E-state index in [-0.39, 0.29) is 35.4 Å². The van der Waals surface area contributed by atoms with Crippen molar-refractivity contribution < 1.29 is 4.74 Å². The Hall–Kier alpha value is -0.820. The summed E-state index contributed by atoms with van der Waals surface area (Å²) in [5.41, 5.74) is 7.37. The average molecular weight is 419 g/mol. The van der Waals surface area contributed by atoms with Crippen molar-refractivity contribution in [1.82, 2.24) is 5.32 Å². The molecule has 0 heterocycles. The van der Waals surface area contributed by atoms with Gasteiger partial charge in [-0.3, -0.25) is 4.99 Å². The first-order valence-corrected chi connectivity index (χ1v) is 7.69. The van der Waals surface area contributed by atoms with E-state index >= 15 is 0 Å². The van der Waals surface area contributed by atoms with Crippen LogP contribution >= 0.6 is 24.0 Å². The zero-order chi connectivity index (χ0) is 15.7. The first kappa shape index (κ1) is 21.2. The van der Waals surface area contributed by atoms with E-state index in [1.807, 2.05) is 13.0 Å². The van der Waals surface area contributed by atoms with Crippen LogP contribution in [-0.4, -0.2) is 32.3 Å². The molecule has 0 aliphatic heterocycles. The number of nitrogens with two attached hydrogens (primary N) is 1. The molecular formula is C17H30IN3O. The van der Waals surface area contributed by atoms with Gasteiger partial charge in [0.25, 0.3) is 0 Å². The molecule has 1 aromatic rings. The van der Waals surface area contributed by atoms with Gasteiger partial charge in [0, 0.05) is 18.6 Å². The number of rotatable bonds is 8. The lowest BCUT2D eigenvalue weighted by Crippen LogP contribution is -2.41. The molecule has 126 valence electrons. The number of hydrogen-bond acceptors (Lipinski definition) is 2. The number of guanidine groups is 1. The van der Waals surface area contributed by atoms with Crippen LogP contribution < -0.4 is 11.1 Å². The second kappa shape index (κ2) is 10.8. The van der Waals surface area contributed by atoms with Gasteiger partial charge in [-0.2, -0.15) is 0 Å². The third-order valence-corrected chi connectivity index (χ3v) is 4.10. The Morgan fingerprint density at radius 2 is 1.86 bits per heavy atom. The monoisotopic (exact) mass is 419 g/mol. The minimum Gasteiger partial charge on any atom is -0.383 e. The zero-order valence-electron chi connectivity index (χ0n) is 14.1. The van der Waals surface area contributed by atoms with E-state index < -0.39 is 0 Å². The predicted octanol–water partition coefficient (Wildman–Crippen LogP) is 3.30. The summed E-state index contributed by atoms with van der Waals surface area (Å²) in [6.45, 7) is 7.76. The number of aliphatic imine (C=N–C) groups is 1. The van der Waals surface area contributed by atoms with E-state index in [4.69, 9.17) is 10.5 Å². The number of hydrogen-bond donors (Lipinski definition) is 2. The topological polar surface area (TPSA) is 59.6 Å². The molecule has 0 aliphatic carbocycles. The Morgan fingerprint density at radius 3 is 2.36 bits per heavy atom. The summed E-state index contributed by atoms with van der Waals surface area (Å²) in [4.78, 5) is 4.56. The molecule has 3 N–H and O–H groups in total. The highest BCUT2D eigenvalue weighted by Gasteiger charge is 2.28. The van der Waals surface area contributed by atoms with E-state index in [1.54, 1.807) is 7.11 Å². The van der Waals surface area contributed by atoms with Crippen molar-refractivity contribution in [3.63, 3.8) is 0 Å². The molecule has 0 amide bonds. The van der Waals surface area contributed by atoms with Crippen LogP contribution in [0.15, 0.2) is 35.3 Å². The molecule has 0 spiro atoms. The molecule has 1 aromatic carbocycles. The van der Waals surface area contributed by atoms with Crippen LogP contribution in [0.5, 0.6) is 0 Å². The predicted molar refractivity (Wildman–Crippen MR) is 105 cm³/mol. The molecule has 0 fully saturated rings. The summed E-state index contributed by atoms with van der Waals surface area (Å²) in [6.07, 6.45) is 2.08. The Balaban J connectivity index is 0.00000441. The highest BCUT2D eigenvalue weighted by atomic mass is 127.